The lowest BCUT2D eigenvalue weighted by Gasteiger charge is -2.22. The summed E-state index contributed by atoms with van der Waals surface area (Å²) in [7, 11) is 0. The number of rotatable bonds is 6. The summed E-state index contributed by atoms with van der Waals surface area (Å²) in [6, 6.07) is 0. The molecule has 0 fully saturated rings. The summed E-state index contributed by atoms with van der Waals surface area (Å²) in [5.74, 6) is 0. The monoisotopic (exact) mass is 261 g/mol. The molecule has 0 aromatic heterocycles. The Morgan fingerprint density at radius 1 is 1.25 bits per heavy atom. The molecule has 0 rings (SSSR count). The van der Waals surface area contributed by atoms with Crippen LogP contribution in [0.3, 0.4) is 0 Å². The van der Waals surface area contributed by atoms with E-state index in [1.807, 2.05) is 0 Å². The van der Waals surface area contributed by atoms with Gasteiger partial charge in [0.25, 0.3) is 0 Å². The van der Waals surface area contributed by atoms with E-state index in [0.29, 0.717) is 6.54 Å². The van der Waals surface area contributed by atoms with Crippen molar-refractivity contribution in [3.05, 3.63) is 0 Å². The second kappa shape index (κ2) is 6.67. The fourth-order valence-corrected chi connectivity index (χ4v) is 1.81. The van der Waals surface area contributed by atoms with Crippen LogP contribution < -0.4 is 5.32 Å². The largest absolute Gasteiger partial charge is 0.522 e. The lowest BCUT2D eigenvalue weighted by Crippen LogP contribution is -2.30. The van der Waals surface area contributed by atoms with E-state index in [2.05, 4.69) is 30.8 Å². The SMILES string of the molecule is CC(C)(C)CC(Cl)CNCCOC(F)(F)F. The summed E-state index contributed by atoms with van der Waals surface area (Å²) in [6.45, 7) is 6.44. The Morgan fingerprint density at radius 3 is 2.25 bits per heavy atom. The van der Waals surface area contributed by atoms with Crippen molar-refractivity contribution in [3.8, 4) is 0 Å². The van der Waals surface area contributed by atoms with Crippen molar-refractivity contribution >= 4 is 11.6 Å². The number of alkyl halides is 4. The van der Waals surface area contributed by atoms with Crippen molar-refractivity contribution in [1.29, 1.82) is 0 Å². The average Bonchev–Trinajstić information content (AvgIpc) is 1.97. The third kappa shape index (κ3) is 12.1. The maximum Gasteiger partial charge on any atom is 0.522 e. The van der Waals surface area contributed by atoms with E-state index in [9.17, 15) is 13.2 Å². The van der Waals surface area contributed by atoms with Gasteiger partial charge in [-0.3, -0.25) is 4.74 Å². The Kier molecular flexibility index (Phi) is 6.67. The van der Waals surface area contributed by atoms with Gasteiger partial charge >= 0.3 is 6.36 Å². The number of nitrogens with one attached hydrogen (secondary N) is 1. The molecule has 0 amide bonds. The molecule has 0 aliphatic rings. The molecule has 0 aliphatic carbocycles. The molecule has 0 aromatic carbocycles. The van der Waals surface area contributed by atoms with Crippen molar-refractivity contribution in [3.63, 3.8) is 0 Å². The van der Waals surface area contributed by atoms with Gasteiger partial charge in [0, 0.05) is 18.5 Å². The molecule has 2 nitrogen and oxygen atoms in total. The first-order valence-electron chi connectivity index (χ1n) is 5.16. The molecule has 0 bridgehead atoms. The first kappa shape index (κ1) is 16.0. The molecule has 1 unspecified atom stereocenters. The van der Waals surface area contributed by atoms with Crippen molar-refractivity contribution in [2.75, 3.05) is 19.7 Å². The summed E-state index contributed by atoms with van der Waals surface area (Å²) >= 11 is 6.01. The van der Waals surface area contributed by atoms with E-state index in [-0.39, 0.29) is 23.9 Å². The van der Waals surface area contributed by atoms with Crippen LogP contribution in [-0.4, -0.2) is 31.4 Å². The van der Waals surface area contributed by atoms with Crippen molar-refractivity contribution in [2.24, 2.45) is 5.41 Å². The fraction of sp³-hybridized carbons (Fsp3) is 1.00. The van der Waals surface area contributed by atoms with E-state index in [4.69, 9.17) is 11.6 Å². The minimum atomic E-state index is -4.55. The van der Waals surface area contributed by atoms with Gasteiger partial charge in [-0.05, 0) is 11.8 Å². The fourth-order valence-electron chi connectivity index (χ4n) is 1.23. The van der Waals surface area contributed by atoms with Crippen LogP contribution in [0.15, 0.2) is 0 Å². The van der Waals surface area contributed by atoms with E-state index < -0.39 is 6.36 Å². The first-order valence-corrected chi connectivity index (χ1v) is 5.59. The van der Waals surface area contributed by atoms with E-state index in [1.54, 1.807) is 0 Å². The van der Waals surface area contributed by atoms with Crippen molar-refractivity contribution < 1.29 is 17.9 Å². The zero-order chi connectivity index (χ0) is 12.8. The molecule has 1 atom stereocenters. The zero-order valence-electron chi connectivity index (χ0n) is 9.83. The molecule has 16 heavy (non-hydrogen) atoms. The quantitative estimate of drug-likeness (QED) is 0.586. The number of hydrogen-bond acceptors (Lipinski definition) is 2. The van der Waals surface area contributed by atoms with Gasteiger partial charge in [0.1, 0.15) is 0 Å². The summed E-state index contributed by atoms with van der Waals surface area (Å²) in [5, 5.41) is 2.75. The molecule has 1 N–H and O–H groups in total. The van der Waals surface area contributed by atoms with Gasteiger partial charge in [0.05, 0.1) is 6.61 Å². The molecule has 6 heteroatoms. The Morgan fingerprint density at radius 2 is 1.81 bits per heavy atom. The highest BCUT2D eigenvalue weighted by Crippen LogP contribution is 2.23. The number of hydrogen-bond donors (Lipinski definition) is 1. The Labute approximate surface area is 99.5 Å². The van der Waals surface area contributed by atoms with E-state index in [1.165, 1.54) is 0 Å². The average molecular weight is 262 g/mol. The minimum absolute atomic E-state index is 0.0779. The molecule has 0 saturated heterocycles. The summed E-state index contributed by atoms with van der Waals surface area (Å²) in [6.07, 6.45) is -3.74. The third-order valence-electron chi connectivity index (χ3n) is 1.74. The topological polar surface area (TPSA) is 21.3 Å². The predicted octanol–water partition coefficient (Wildman–Crippen LogP) is 3.16. The molecule has 0 aromatic rings. The number of ether oxygens (including phenoxy) is 1. The lowest BCUT2D eigenvalue weighted by molar-refractivity contribution is -0.323. The van der Waals surface area contributed by atoms with E-state index in [0.717, 1.165) is 6.42 Å². The molecule has 0 aliphatic heterocycles. The van der Waals surface area contributed by atoms with Crippen LogP contribution in [0.2, 0.25) is 0 Å². The molecule has 0 spiro atoms. The molecule has 0 radical (unpaired) electrons. The lowest BCUT2D eigenvalue weighted by atomic mass is 9.90. The molecule has 98 valence electrons. The maximum absolute atomic E-state index is 11.6. The highest BCUT2D eigenvalue weighted by Gasteiger charge is 2.28. The predicted molar refractivity (Wildman–Crippen MR) is 58.6 cm³/mol. The number of halogens is 4. The molecular formula is C10H19ClF3NO. The third-order valence-corrected chi connectivity index (χ3v) is 2.05. The van der Waals surface area contributed by atoms with Gasteiger partial charge in [-0.25, -0.2) is 0 Å². The van der Waals surface area contributed by atoms with Crippen molar-refractivity contribution in [1.82, 2.24) is 5.32 Å². The second-order valence-corrected chi connectivity index (χ2v) is 5.48. The van der Waals surface area contributed by atoms with Gasteiger partial charge in [-0.2, -0.15) is 0 Å². The van der Waals surface area contributed by atoms with Gasteiger partial charge < -0.3 is 5.32 Å². The van der Waals surface area contributed by atoms with Crippen LogP contribution >= 0.6 is 11.6 Å². The van der Waals surface area contributed by atoms with Crippen LogP contribution in [-0.2, 0) is 4.74 Å². The van der Waals surface area contributed by atoms with Crippen molar-refractivity contribution in [2.45, 2.75) is 38.9 Å². The highest BCUT2D eigenvalue weighted by molar-refractivity contribution is 6.20. The second-order valence-electron chi connectivity index (χ2n) is 4.86. The van der Waals surface area contributed by atoms with Gasteiger partial charge in [-0.1, -0.05) is 20.8 Å². The molecular weight excluding hydrogens is 243 g/mol. The summed E-state index contributed by atoms with van der Waals surface area (Å²) in [4.78, 5) is 0. The van der Waals surface area contributed by atoms with Gasteiger partial charge in [-0.15, -0.1) is 24.8 Å². The zero-order valence-corrected chi connectivity index (χ0v) is 10.6. The Hall–Kier alpha value is -0.0000000000000000555. The highest BCUT2D eigenvalue weighted by atomic mass is 35.5. The van der Waals surface area contributed by atoms with Crippen LogP contribution in [0.1, 0.15) is 27.2 Å². The summed E-state index contributed by atoms with van der Waals surface area (Å²) < 4.78 is 38.4. The first-order chi connectivity index (χ1) is 7.10. The minimum Gasteiger partial charge on any atom is -0.313 e. The smallest absolute Gasteiger partial charge is 0.313 e. The summed E-state index contributed by atoms with van der Waals surface area (Å²) in [5.41, 5.74) is 0.122. The Bertz CT molecular complexity index is 191. The normalized spacial score (nSPS) is 15.2. The van der Waals surface area contributed by atoms with Gasteiger partial charge in [0.2, 0.25) is 0 Å². The van der Waals surface area contributed by atoms with Gasteiger partial charge in [0.15, 0.2) is 0 Å². The van der Waals surface area contributed by atoms with Crippen LogP contribution in [0, 0.1) is 5.41 Å². The van der Waals surface area contributed by atoms with Crippen LogP contribution in [0.5, 0.6) is 0 Å². The Balaban J connectivity index is 3.45. The standard InChI is InChI=1S/C10H19ClF3NO/c1-9(2,3)6-8(11)7-15-4-5-16-10(12,13)14/h8,15H,4-7H2,1-3H3. The maximum atomic E-state index is 11.6. The molecule has 0 saturated carbocycles. The van der Waals surface area contributed by atoms with Crippen LogP contribution in [0.25, 0.3) is 0 Å². The van der Waals surface area contributed by atoms with E-state index >= 15 is 0 Å². The molecule has 0 heterocycles. The van der Waals surface area contributed by atoms with Crippen LogP contribution in [0.4, 0.5) is 13.2 Å².